The Bertz CT molecular complexity index is 650. The molecule has 0 aromatic rings. The van der Waals surface area contributed by atoms with Crippen LogP contribution >= 0.6 is 0 Å². The van der Waals surface area contributed by atoms with Gasteiger partial charge in [-0.05, 0) is 0 Å². The minimum atomic E-state index is -1.21. The standard InChI is InChI=1S/C6H13N3O4.2C4H6O4.2C2H4O2/c1-2-7-9-8-4(6(12)13)3-5(10)11;2*5-3(6)1-2-4(7)8;2*1-2(3)4/h4,7-9H,2-3H2,1H3,(H,10,11)(H,12,13);2*1-2H2,(H,5,6)(H,7,8);2*1H3,(H,3,4)/t4-;;;;/m0..../s1. The monoisotopic (exact) mass is 547 g/mol. The van der Waals surface area contributed by atoms with E-state index in [4.69, 9.17) is 50.4 Å². The third-order valence-corrected chi connectivity index (χ3v) is 2.29. The Kier molecular flexibility index (Phi) is 34.3. The summed E-state index contributed by atoms with van der Waals surface area (Å²) in [7, 11) is 0. The Morgan fingerprint density at radius 3 is 1.00 bits per heavy atom. The molecule has 0 rings (SSSR count). The Hall–Kier alpha value is -4.36. The zero-order chi connectivity index (χ0) is 30.6. The Morgan fingerprint density at radius 2 is 0.838 bits per heavy atom. The molecule has 0 saturated heterocycles. The maximum absolute atomic E-state index is 10.4. The van der Waals surface area contributed by atoms with E-state index in [1.165, 1.54) is 0 Å². The van der Waals surface area contributed by atoms with Gasteiger partial charge in [0, 0.05) is 20.4 Å². The number of hydrazine groups is 2. The molecule has 19 heteroatoms. The SMILES string of the molecule is CC(=O)O.CC(=O)O.CCNNN[C@@H](CC(=O)O)C(=O)O.O=C(O)CCC(=O)O.O=C(O)CCC(=O)O. The topological polar surface area (TPSA) is 334 Å². The molecule has 0 aromatic carbocycles. The lowest BCUT2D eigenvalue weighted by Gasteiger charge is -2.12. The van der Waals surface area contributed by atoms with E-state index in [0.29, 0.717) is 6.54 Å². The molecule has 19 nitrogen and oxygen atoms in total. The smallest absolute Gasteiger partial charge is 0.322 e. The van der Waals surface area contributed by atoms with Crippen LogP contribution in [0.3, 0.4) is 0 Å². The summed E-state index contributed by atoms with van der Waals surface area (Å²) in [5, 5.41) is 63.3. The molecular weight excluding hydrogens is 514 g/mol. The highest BCUT2D eigenvalue weighted by Crippen LogP contribution is 1.90. The third kappa shape index (κ3) is 80.0. The number of nitrogens with one attached hydrogen (secondary N) is 3. The summed E-state index contributed by atoms with van der Waals surface area (Å²) < 4.78 is 0. The maximum Gasteiger partial charge on any atom is 0.322 e. The molecule has 0 aliphatic carbocycles. The maximum atomic E-state index is 10.4. The largest absolute Gasteiger partial charge is 0.481 e. The van der Waals surface area contributed by atoms with Gasteiger partial charge in [0.2, 0.25) is 0 Å². The molecule has 0 amide bonds. The van der Waals surface area contributed by atoms with Gasteiger partial charge in [0.05, 0.1) is 32.1 Å². The first-order valence-corrected chi connectivity index (χ1v) is 9.74. The van der Waals surface area contributed by atoms with Crippen LogP contribution in [0.4, 0.5) is 0 Å². The molecule has 1 atom stereocenters. The fourth-order valence-corrected chi connectivity index (χ4v) is 1.03. The molecule has 0 heterocycles. The van der Waals surface area contributed by atoms with Crippen molar-refractivity contribution in [2.24, 2.45) is 0 Å². The third-order valence-electron chi connectivity index (χ3n) is 2.29. The van der Waals surface area contributed by atoms with Crippen molar-refractivity contribution in [2.45, 2.75) is 58.9 Å². The van der Waals surface area contributed by atoms with Gasteiger partial charge in [-0.15, -0.1) is 0 Å². The Labute approximate surface area is 209 Å². The second-order valence-corrected chi connectivity index (χ2v) is 5.90. The van der Waals surface area contributed by atoms with E-state index < -0.39 is 60.2 Å². The molecule has 0 bridgehead atoms. The summed E-state index contributed by atoms with van der Waals surface area (Å²) in [6.45, 7) is 4.56. The summed E-state index contributed by atoms with van der Waals surface area (Å²) in [5.74, 6) is -8.36. The number of aliphatic carboxylic acids is 8. The number of carboxylic acid groups (broad SMARTS) is 8. The molecule has 0 aliphatic heterocycles. The summed E-state index contributed by atoms with van der Waals surface area (Å²) in [5.41, 5.74) is 7.28. The van der Waals surface area contributed by atoms with Gasteiger partial charge in [0.15, 0.2) is 0 Å². The Balaban J connectivity index is -0.000000124. The number of hydrogen-bond donors (Lipinski definition) is 11. The summed E-state index contributed by atoms with van der Waals surface area (Å²) in [6.07, 6.45) is -1.66. The first kappa shape index (κ1) is 42.8. The van der Waals surface area contributed by atoms with Gasteiger partial charge in [-0.25, -0.2) is 10.9 Å². The van der Waals surface area contributed by atoms with E-state index >= 15 is 0 Å². The van der Waals surface area contributed by atoms with Crippen LogP contribution in [0.15, 0.2) is 0 Å². The molecule has 0 fully saturated rings. The number of hydrogen-bond acceptors (Lipinski definition) is 11. The van der Waals surface area contributed by atoms with Crippen molar-refractivity contribution in [2.75, 3.05) is 6.54 Å². The van der Waals surface area contributed by atoms with Crippen LogP contribution in [0.1, 0.15) is 52.9 Å². The predicted molar refractivity (Wildman–Crippen MR) is 119 cm³/mol. The van der Waals surface area contributed by atoms with Crippen LogP contribution in [0.5, 0.6) is 0 Å². The van der Waals surface area contributed by atoms with Crippen LogP contribution in [0.2, 0.25) is 0 Å². The highest BCUT2D eigenvalue weighted by molar-refractivity contribution is 5.80. The van der Waals surface area contributed by atoms with E-state index in [1.807, 2.05) is 6.92 Å². The minimum Gasteiger partial charge on any atom is -0.481 e. The fourth-order valence-electron chi connectivity index (χ4n) is 1.03. The fraction of sp³-hybridized carbons (Fsp3) is 0.556. The van der Waals surface area contributed by atoms with E-state index in [9.17, 15) is 28.8 Å². The summed E-state index contributed by atoms with van der Waals surface area (Å²) >= 11 is 0. The van der Waals surface area contributed by atoms with Crippen LogP contribution in [-0.4, -0.2) is 101 Å². The molecule has 0 saturated carbocycles. The van der Waals surface area contributed by atoms with Crippen molar-refractivity contribution in [3.05, 3.63) is 0 Å². The molecule has 216 valence electrons. The lowest BCUT2D eigenvalue weighted by molar-refractivity contribution is -0.146. The highest BCUT2D eigenvalue weighted by atomic mass is 16.4. The second kappa shape index (κ2) is 29.7. The van der Waals surface area contributed by atoms with Crippen molar-refractivity contribution in [3.63, 3.8) is 0 Å². The average Bonchev–Trinajstić information content (AvgIpc) is 2.70. The Morgan fingerprint density at radius 1 is 0.568 bits per heavy atom. The molecular formula is C18H33N3O16. The first-order chi connectivity index (χ1) is 16.8. The van der Waals surface area contributed by atoms with E-state index in [0.717, 1.165) is 13.8 Å². The molecule has 0 radical (unpaired) electrons. The average molecular weight is 547 g/mol. The zero-order valence-corrected chi connectivity index (χ0v) is 20.2. The van der Waals surface area contributed by atoms with Crippen molar-refractivity contribution in [1.82, 2.24) is 16.4 Å². The van der Waals surface area contributed by atoms with E-state index in [-0.39, 0.29) is 25.7 Å². The van der Waals surface area contributed by atoms with Crippen molar-refractivity contribution in [1.29, 1.82) is 0 Å². The number of rotatable bonds is 13. The van der Waals surface area contributed by atoms with Gasteiger partial charge in [-0.2, -0.15) is 5.53 Å². The predicted octanol–water partition coefficient (Wildman–Crippen LogP) is -1.41. The molecule has 0 spiro atoms. The van der Waals surface area contributed by atoms with E-state index in [1.54, 1.807) is 0 Å². The quantitative estimate of drug-likeness (QED) is 0.0930. The van der Waals surface area contributed by atoms with Crippen molar-refractivity contribution in [3.8, 4) is 0 Å². The van der Waals surface area contributed by atoms with Gasteiger partial charge < -0.3 is 40.9 Å². The van der Waals surface area contributed by atoms with Gasteiger partial charge in [0.25, 0.3) is 11.9 Å². The summed E-state index contributed by atoms with van der Waals surface area (Å²) in [6, 6.07) is -1.14. The van der Waals surface area contributed by atoms with Crippen molar-refractivity contribution < 1.29 is 79.2 Å². The van der Waals surface area contributed by atoms with Gasteiger partial charge in [-0.1, -0.05) is 6.92 Å². The number of carbonyl (C=O) groups is 8. The van der Waals surface area contributed by atoms with E-state index in [2.05, 4.69) is 16.4 Å². The van der Waals surface area contributed by atoms with Crippen LogP contribution < -0.4 is 16.4 Å². The number of carboxylic acids is 8. The van der Waals surface area contributed by atoms with Gasteiger partial charge >= 0.3 is 35.8 Å². The van der Waals surface area contributed by atoms with Crippen LogP contribution in [0.25, 0.3) is 0 Å². The van der Waals surface area contributed by atoms with Gasteiger partial charge in [-0.3, -0.25) is 38.4 Å². The molecule has 0 unspecified atom stereocenters. The second-order valence-electron chi connectivity index (χ2n) is 5.90. The zero-order valence-electron chi connectivity index (χ0n) is 20.2. The first-order valence-electron chi connectivity index (χ1n) is 9.74. The summed E-state index contributed by atoms with van der Waals surface area (Å²) in [4.78, 5) is 77.2. The minimum absolute atomic E-state index is 0.296. The van der Waals surface area contributed by atoms with Crippen molar-refractivity contribution >= 4 is 47.8 Å². The van der Waals surface area contributed by atoms with Crippen LogP contribution in [0, 0.1) is 0 Å². The normalized spacial score (nSPS) is 9.38. The lowest BCUT2D eigenvalue weighted by atomic mass is 10.2. The molecule has 0 aliphatic rings. The highest BCUT2D eigenvalue weighted by Gasteiger charge is 2.19. The molecule has 0 aromatic heterocycles. The molecule has 11 N–H and O–H groups in total. The van der Waals surface area contributed by atoms with Gasteiger partial charge in [0.1, 0.15) is 6.04 Å². The lowest BCUT2D eigenvalue weighted by Crippen LogP contribution is -2.52. The van der Waals surface area contributed by atoms with Crippen LogP contribution in [-0.2, 0) is 38.4 Å². The molecule has 37 heavy (non-hydrogen) atoms.